The summed E-state index contributed by atoms with van der Waals surface area (Å²) in [5, 5.41) is 0.498. The van der Waals surface area contributed by atoms with Gasteiger partial charge in [0.2, 0.25) is 5.82 Å². The molecule has 2 heterocycles. The molecule has 0 spiro atoms. The molecule has 2 aromatic heterocycles. The third-order valence-electron chi connectivity index (χ3n) is 2.94. The first-order valence-corrected chi connectivity index (χ1v) is 6.34. The minimum atomic E-state index is -4.67. The third-order valence-corrected chi connectivity index (χ3v) is 3.14. The molecule has 0 saturated carbocycles. The lowest BCUT2D eigenvalue weighted by Gasteiger charge is -2.06. The van der Waals surface area contributed by atoms with Crippen LogP contribution >= 0.6 is 11.6 Å². The summed E-state index contributed by atoms with van der Waals surface area (Å²) in [5.74, 6) is -1.07. The van der Waals surface area contributed by atoms with Crippen molar-refractivity contribution in [3.8, 4) is 11.5 Å². The van der Waals surface area contributed by atoms with Gasteiger partial charge in [-0.1, -0.05) is 29.8 Å². The van der Waals surface area contributed by atoms with Crippen molar-refractivity contribution in [3.63, 3.8) is 0 Å². The van der Waals surface area contributed by atoms with E-state index in [0.29, 0.717) is 5.58 Å². The first-order chi connectivity index (χ1) is 9.84. The first-order valence-electron chi connectivity index (χ1n) is 5.96. The molecule has 0 atom stereocenters. The Morgan fingerprint density at radius 3 is 2.57 bits per heavy atom. The van der Waals surface area contributed by atoms with Crippen LogP contribution in [-0.2, 0) is 6.18 Å². The van der Waals surface area contributed by atoms with Gasteiger partial charge in [0.25, 0.3) is 0 Å². The smallest absolute Gasteiger partial charge is 0.451 e. The molecule has 0 radical (unpaired) electrons. The van der Waals surface area contributed by atoms with Crippen molar-refractivity contribution < 1.29 is 17.6 Å². The molecule has 0 aliphatic rings. The van der Waals surface area contributed by atoms with E-state index in [1.807, 2.05) is 25.1 Å². The van der Waals surface area contributed by atoms with E-state index < -0.39 is 12.0 Å². The van der Waals surface area contributed by atoms with Gasteiger partial charge in [-0.25, -0.2) is 9.97 Å². The number of hydrogen-bond acceptors (Lipinski definition) is 3. The summed E-state index contributed by atoms with van der Waals surface area (Å²) in [6.45, 7) is 1.85. The average Bonchev–Trinajstić information content (AvgIpc) is 2.82. The van der Waals surface area contributed by atoms with Crippen molar-refractivity contribution in [2.24, 2.45) is 0 Å². The van der Waals surface area contributed by atoms with Gasteiger partial charge in [-0.2, -0.15) is 13.2 Å². The predicted octanol–water partition coefficient (Wildman–Crippen LogP) is 4.87. The molecule has 0 fully saturated rings. The second-order valence-corrected chi connectivity index (χ2v) is 4.89. The number of furan rings is 1. The fraction of sp³-hybridized carbons (Fsp3) is 0.143. The molecule has 0 bridgehead atoms. The van der Waals surface area contributed by atoms with Crippen LogP contribution in [0.15, 0.2) is 34.7 Å². The summed E-state index contributed by atoms with van der Waals surface area (Å²) in [5.41, 5.74) is 1.49. The fourth-order valence-corrected chi connectivity index (χ4v) is 2.19. The zero-order valence-electron chi connectivity index (χ0n) is 10.7. The van der Waals surface area contributed by atoms with Gasteiger partial charge in [0, 0.05) is 11.5 Å². The van der Waals surface area contributed by atoms with Gasteiger partial charge >= 0.3 is 6.18 Å². The maximum Gasteiger partial charge on any atom is 0.451 e. The number of halogens is 4. The second kappa shape index (κ2) is 4.73. The van der Waals surface area contributed by atoms with Gasteiger partial charge in [0.05, 0.1) is 0 Å². The number of benzene rings is 1. The second-order valence-electron chi connectivity index (χ2n) is 4.50. The van der Waals surface area contributed by atoms with Crippen molar-refractivity contribution in [2.75, 3.05) is 0 Å². The molecule has 3 rings (SSSR count). The highest BCUT2D eigenvalue weighted by molar-refractivity contribution is 6.29. The molecule has 0 aliphatic heterocycles. The van der Waals surface area contributed by atoms with Crippen LogP contribution in [0.5, 0.6) is 0 Å². The van der Waals surface area contributed by atoms with Crippen LogP contribution in [0.25, 0.3) is 22.4 Å². The number of aromatic nitrogens is 2. The van der Waals surface area contributed by atoms with Gasteiger partial charge in [0.1, 0.15) is 16.4 Å². The van der Waals surface area contributed by atoms with Crippen LogP contribution in [0.2, 0.25) is 5.15 Å². The number of aryl methyl sites for hydroxylation is 1. The van der Waals surface area contributed by atoms with E-state index in [9.17, 15) is 13.2 Å². The van der Waals surface area contributed by atoms with E-state index in [1.54, 1.807) is 6.07 Å². The highest BCUT2D eigenvalue weighted by atomic mass is 35.5. The third kappa shape index (κ3) is 2.58. The van der Waals surface area contributed by atoms with Gasteiger partial charge in [0.15, 0.2) is 5.76 Å². The molecule has 108 valence electrons. The number of rotatable bonds is 1. The van der Waals surface area contributed by atoms with Crippen LogP contribution in [0.3, 0.4) is 0 Å². The SMILES string of the molecule is Cc1cccc2cc(-c3cc(Cl)nc(C(F)(F)F)n3)oc12. The van der Waals surface area contributed by atoms with Crippen molar-refractivity contribution in [1.82, 2.24) is 9.97 Å². The molecule has 0 amide bonds. The molecule has 0 saturated heterocycles. The minimum absolute atomic E-state index is 0.00192. The Balaban J connectivity index is 2.18. The molecular formula is C14H8ClF3N2O. The van der Waals surface area contributed by atoms with E-state index in [1.165, 1.54) is 6.07 Å². The van der Waals surface area contributed by atoms with E-state index in [2.05, 4.69) is 9.97 Å². The normalized spacial score (nSPS) is 12.0. The van der Waals surface area contributed by atoms with Crippen LogP contribution in [0, 0.1) is 6.92 Å². The number of para-hydroxylation sites is 1. The highest BCUT2D eigenvalue weighted by Gasteiger charge is 2.35. The highest BCUT2D eigenvalue weighted by Crippen LogP contribution is 2.32. The van der Waals surface area contributed by atoms with Gasteiger partial charge in [-0.3, -0.25) is 0 Å². The molecule has 7 heteroatoms. The monoisotopic (exact) mass is 312 g/mol. The standard InChI is InChI=1S/C14H8ClF3N2O/c1-7-3-2-4-8-5-10(21-12(7)8)9-6-11(15)20-13(19-9)14(16,17)18/h2-6H,1H3. The number of hydrogen-bond donors (Lipinski definition) is 0. The molecule has 3 aromatic rings. The van der Waals surface area contributed by atoms with Gasteiger partial charge in [-0.15, -0.1) is 0 Å². The molecule has 3 nitrogen and oxygen atoms in total. The lowest BCUT2D eigenvalue weighted by Crippen LogP contribution is -2.11. The van der Waals surface area contributed by atoms with Crippen molar-refractivity contribution in [3.05, 3.63) is 46.9 Å². The topological polar surface area (TPSA) is 38.9 Å². The molecule has 1 aromatic carbocycles. The van der Waals surface area contributed by atoms with E-state index in [-0.39, 0.29) is 16.6 Å². The van der Waals surface area contributed by atoms with Crippen LogP contribution < -0.4 is 0 Å². The minimum Gasteiger partial charge on any atom is -0.454 e. The van der Waals surface area contributed by atoms with Crippen LogP contribution in [0.4, 0.5) is 13.2 Å². The summed E-state index contributed by atoms with van der Waals surface area (Å²) >= 11 is 5.64. The van der Waals surface area contributed by atoms with Gasteiger partial charge < -0.3 is 4.42 Å². The summed E-state index contributed by atoms with van der Waals surface area (Å²) in [4.78, 5) is 6.68. The molecular weight excluding hydrogens is 305 g/mol. The number of fused-ring (bicyclic) bond motifs is 1. The number of alkyl halides is 3. The van der Waals surface area contributed by atoms with Crippen LogP contribution in [-0.4, -0.2) is 9.97 Å². The maximum absolute atomic E-state index is 12.7. The Labute approximate surface area is 122 Å². The van der Waals surface area contributed by atoms with E-state index in [4.69, 9.17) is 16.0 Å². The summed E-state index contributed by atoms with van der Waals surface area (Å²) in [6, 6.07) is 8.36. The van der Waals surface area contributed by atoms with Crippen molar-refractivity contribution in [2.45, 2.75) is 13.1 Å². The van der Waals surface area contributed by atoms with Crippen molar-refractivity contribution in [1.29, 1.82) is 0 Å². The zero-order chi connectivity index (χ0) is 15.2. The van der Waals surface area contributed by atoms with E-state index >= 15 is 0 Å². The zero-order valence-corrected chi connectivity index (χ0v) is 11.5. The van der Waals surface area contributed by atoms with E-state index in [0.717, 1.165) is 10.9 Å². The Hall–Kier alpha value is -2.08. The maximum atomic E-state index is 12.7. The Kier molecular flexibility index (Phi) is 3.13. The lowest BCUT2D eigenvalue weighted by atomic mass is 10.2. The molecule has 0 aliphatic carbocycles. The summed E-state index contributed by atoms with van der Waals surface area (Å²) < 4.78 is 43.7. The van der Waals surface area contributed by atoms with Crippen molar-refractivity contribution >= 4 is 22.6 Å². The van der Waals surface area contributed by atoms with Crippen LogP contribution in [0.1, 0.15) is 11.4 Å². The Morgan fingerprint density at radius 2 is 1.90 bits per heavy atom. The molecule has 0 unspecified atom stereocenters. The first kappa shape index (κ1) is 13.9. The lowest BCUT2D eigenvalue weighted by molar-refractivity contribution is -0.144. The Bertz CT molecular complexity index is 827. The Morgan fingerprint density at radius 1 is 1.14 bits per heavy atom. The molecule has 0 N–H and O–H groups in total. The predicted molar refractivity (Wildman–Crippen MR) is 72.0 cm³/mol. The molecule has 21 heavy (non-hydrogen) atoms. The fourth-order valence-electron chi connectivity index (χ4n) is 2.01. The summed E-state index contributed by atoms with van der Waals surface area (Å²) in [6.07, 6.45) is -4.67. The van der Waals surface area contributed by atoms with Gasteiger partial charge in [-0.05, 0) is 18.6 Å². The number of nitrogens with zero attached hydrogens (tertiary/aromatic N) is 2. The summed E-state index contributed by atoms with van der Waals surface area (Å²) in [7, 11) is 0. The largest absolute Gasteiger partial charge is 0.454 e. The quantitative estimate of drug-likeness (QED) is 0.602. The average molecular weight is 313 g/mol.